The molecule has 0 unspecified atom stereocenters. The SMILES string of the molecule is Cc1ncsc1-c1nnc(C2CCN(C(=O)c3c(F)cccc3Cl)CC2)o1. The van der Waals surface area contributed by atoms with Crippen LogP contribution in [0.2, 0.25) is 5.02 Å². The van der Waals surface area contributed by atoms with Crippen LogP contribution in [-0.4, -0.2) is 39.1 Å². The van der Waals surface area contributed by atoms with Crippen LogP contribution in [0.3, 0.4) is 0 Å². The van der Waals surface area contributed by atoms with Gasteiger partial charge >= 0.3 is 0 Å². The van der Waals surface area contributed by atoms with Crippen molar-refractivity contribution in [3.05, 3.63) is 51.7 Å². The van der Waals surface area contributed by atoms with Gasteiger partial charge in [-0.1, -0.05) is 17.7 Å². The number of likely N-dealkylation sites (tertiary alicyclic amines) is 1. The standard InChI is InChI=1S/C18H16ClFN4O2S/c1-10-15(27-9-21-10)17-23-22-16(26-17)11-5-7-24(8-6-11)18(25)14-12(19)3-2-4-13(14)20/h2-4,9,11H,5-8H2,1H3. The zero-order valence-corrected chi connectivity index (χ0v) is 16.1. The molecule has 3 heterocycles. The van der Waals surface area contributed by atoms with E-state index in [1.54, 1.807) is 10.4 Å². The van der Waals surface area contributed by atoms with E-state index in [9.17, 15) is 9.18 Å². The van der Waals surface area contributed by atoms with E-state index < -0.39 is 5.82 Å². The van der Waals surface area contributed by atoms with E-state index in [-0.39, 0.29) is 22.4 Å². The van der Waals surface area contributed by atoms with Crippen LogP contribution >= 0.6 is 22.9 Å². The van der Waals surface area contributed by atoms with Crippen LogP contribution in [-0.2, 0) is 0 Å². The Hall–Kier alpha value is -2.32. The average Bonchev–Trinajstić information content (AvgIpc) is 3.30. The lowest BCUT2D eigenvalue weighted by atomic mass is 9.96. The highest BCUT2D eigenvalue weighted by molar-refractivity contribution is 7.13. The van der Waals surface area contributed by atoms with Gasteiger partial charge in [0.1, 0.15) is 10.7 Å². The van der Waals surface area contributed by atoms with Crippen molar-refractivity contribution >= 4 is 28.8 Å². The summed E-state index contributed by atoms with van der Waals surface area (Å²) in [6.07, 6.45) is 1.34. The Kier molecular flexibility index (Phi) is 4.92. The maximum Gasteiger partial charge on any atom is 0.259 e. The summed E-state index contributed by atoms with van der Waals surface area (Å²) in [6, 6.07) is 4.25. The van der Waals surface area contributed by atoms with Gasteiger partial charge in [0.2, 0.25) is 5.89 Å². The number of carbonyl (C=O) groups excluding carboxylic acids is 1. The fraction of sp³-hybridized carbons (Fsp3) is 0.333. The molecule has 140 valence electrons. The molecular formula is C18H16ClFN4O2S. The summed E-state index contributed by atoms with van der Waals surface area (Å²) in [7, 11) is 0. The minimum absolute atomic E-state index is 0.0691. The van der Waals surface area contributed by atoms with Crippen LogP contribution in [0.25, 0.3) is 10.8 Å². The number of thiazole rings is 1. The molecule has 0 atom stereocenters. The van der Waals surface area contributed by atoms with E-state index in [2.05, 4.69) is 15.2 Å². The van der Waals surface area contributed by atoms with Crippen molar-refractivity contribution in [3.63, 3.8) is 0 Å². The number of benzene rings is 1. The first-order valence-corrected chi connectivity index (χ1v) is 9.77. The molecule has 1 amide bonds. The summed E-state index contributed by atoms with van der Waals surface area (Å²) in [5.74, 6) is 0.120. The lowest BCUT2D eigenvalue weighted by molar-refractivity contribution is 0.0702. The van der Waals surface area contributed by atoms with Gasteiger partial charge in [0.25, 0.3) is 11.8 Å². The van der Waals surface area contributed by atoms with Gasteiger partial charge in [0.15, 0.2) is 0 Å². The molecule has 4 rings (SSSR count). The monoisotopic (exact) mass is 406 g/mol. The van der Waals surface area contributed by atoms with Crippen LogP contribution in [0.15, 0.2) is 28.1 Å². The first kappa shape index (κ1) is 18.1. The third kappa shape index (κ3) is 3.46. The van der Waals surface area contributed by atoms with Gasteiger partial charge in [-0.25, -0.2) is 9.37 Å². The van der Waals surface area contributed by atoms with E-state index >= 15 is 0 Å². The molecule has 0 aliphatic carbocycles. The molecule has 0 bridgehead atoms. The molecule has 1 aliphatic heterocycles. The van der Waals surface area contributed by atoms with Crippen molar-refractivity contribution in [2.75, 3.05) is 13.1 Å². The molecule has 1 aliphatic rings. The third-order valence-corrected chi connectivity index (χ3v) is 5.92. The van der Waals surface area contributed by atoms with E-state index in [0.29, 0.717) is 37.7 Å². The molecule has 27 heavy (non-hydrogen) atoms. The predicted octanol–water partition coefficient (Wildman–Crippen LogP) is 4.31. The van der Waals surface area contributed by atoms with Crippen molar-refractivity contribution in [1.29, 1.82) is 0 Å². The molecule has 3 aromatic rings. The maximum atomic E-state index is 14.0. The van der Waals surface area contributed by atoms with Crippen molar-refractivity contribution < 1.29 is 13.6 Å². The number of rotatable bonds is 3. The van der Waals surface area contributed by atoms with Crippen LogP contribution in [0.5, 0.6) is 0 Å². The number of halogens is 2. The van der Waals surface area contributed by atoms with Gasteiger partial charge in [-0.3, -0.25) is 4.79 Å². The number of hydrogen-bond acceptors (Lipinski definition) is 6. The molecule has 1 aromatic carbocycles. The van der Waals surface area contributed by atoms with Crippen LogP contribution < -0.4 is 0 Å². The first-order chi connectivity index (χ1) is 13.0. The fourth-order valence-electron chi connectivity index (χ4n) is 3.19. The lowest BCUT2D eigenvalue weighted by Crippen LogP contribution is -2.38. The van der Waals surface area contributed by atoms with Gasteiger partial charge < -0.3 is 9.32 Å². The minimum atomic E-state index is -0.601. The number of nitrogens with zero attached hydrogens (tertiary/aromatic N) is 4. The van der Waals surface area contributed by atoms with Gasteiger partial charge in [-0.15, -0.1) is 21.5 Å². The summed E-state index contributed by atoms with van der Waals surface area (Å²) >= 11 is 7.47. The fourth-order valence-corrected chi connectivity index (χ4v) is 4.15. The molecular weight excluding hydrogens is 391 g/mol. The minimum Gasteiger partial charge on any atom is -0.420 e. The summed E-state index contributed by atoms with van der Waals surface area (Å²) in [6.45, 7) is 2.85. The topological polar surface area (TPSA) is 72.1 Å². The van der Waals surface area contributed by atoms with Gasteiger partial charge in [0, 0.05) is 19.0 Å². The molecule has 1 fully saturated rings. The summed E-state index contributed by atoms with van der Waals surface area (Å²) < 4.78 is 19.8. The highest BCUT2D eigenvalue weighted by Crippen LogP contribution is 2.32. The molecule has 9 heteroatoms. The highest BCUT2D eigenvalue weighted by atomic mass is 35.5. The normalized spacial score (nSPS) is 15.3. The summed E-state index contributed by atoms with van der Waals surface area (Å²) in [5.41, 5.74) is 2.53. The second kappa shape index (κ2) is 7.36. The quantitative estimate of drug-likeness (QED) is 0.647. The zero-order valence-electron chi connectivity index (χ0n) is 14.5. The Morgan fingerprint density at radius 3 is 2.78 bits per heavy atom. The molecule has 0 N–H and O–H groups in total. The second-order valence-electron chi connectivity index (χ2n) is 6.38. The van der Waals surface area contributed by atoms with Crippen molar-refractivity contribution in [2.45, 2.75) is 25.7 Å². The molecule has 1 saturated heterocycles. The summed E-state index contributed by atoms with van der Waals surface area (Å²) in [4.78, 5) is 19.3. The van der Waals surface area contributed by atoms with Crippen molar-refractivity contribution in [1.82, 2.24) is 20.1 Å². The largest absolute Gasteiger partial charge is 0.420 e. The van der Waals surface area contributed by atoms with E-state index in [0.717, 1.165) is 10.6 Å². The van der Waals surface area contributed by atoms with Gasteiger partial charge in [-0.05, 0) is 31.9 Å². The number of aromatic nitrogens is 3. The molecule has 0 saturated carbocycles. The first-order valence-electron chi connectivity index (χ1n) is 8.51. The smallest absolute Gasteiger partial charge is 0.259 e. The lowest BCUT2D eigenvalue weighted by Gasteiger charge is -2.30. The van der Waals surface area contributed by atoms with E-state index in [1.807, 2.05) is 6.92 Å². The molecule has 2 aromatic heterocycles. The summed E-state index contributed by atoms with van der Waals surface area (Å²) in [5, 5.41) is 8.43. The van der Waals surface area contributed by atoms with Crippen molar-refractivity contribution in [3.8, 4) is 10.8 Å². The molecule has 6 nitrogen and oxygen atoms in total. The average molecular weight is 407 g/mol. The van der Waals surface area contributed by atoms with Crippen LogP contribution in [0, 0.1) is 12.7 Å². The predicted molar refractivity (Wildman–Crippen MR) is 99.4 cm³/mol. The van der Waals surface area contributed by atoms with Crippen LogP contribution in [0.4, 0.5) is 4.39 Å². The Labute approximate surface area is 164 Å². The van der Waals surface area contributed by atoms with Gasteiger partial charge in [-0.2, -0.15) is 0 Å². The van der Waals surface area contributed by atoms with Crippen molar-refractivity contribution in [2.24, 2.45) is 0 Å². The highest BCUT2D eigenvalue weighted by Gasteiger charge is 2.30. The number of aryl methyl sites for hydroxylation is 1. The zero-order chi connectivity index (χ0) is 19.0. The number of piperidine rings is 1. The third-order valence-electron chi connectivity index (χ3n) is 4.69. The van der Waals surface area contributed by atoms with E-state index in [1.165, 1.54) is 29.5 Å². The van der Waals surface area contributed by atoms with Crippen LogP contribution in [0.1, 0.15) is 40.7 Å². The number of carbonyl (C=O) groups is 1. The number of hydrogen-bond donors (Lipinski definition) is 0. The Bertz CT molecular complexity index is 961. The number of amides is 1. The Morgan fingerprint density at radius 2 is 2.11 bits per heavy atom. The Morgan fingerprint density at radius 1 is 1.33 bits per heavy atom. The Balaban J connectivity index is 1.44. The van der Waals surface area contributed by atoms with E-state index in [4.69, 9.17) is 16.0 Å². The maximum absolute atomic E-state index is 14.0. The second-order valence-corrected chi connectivity index (χ2v) is 7.64. The molecule has 0 radical (unpaired) electrons. The molecule has 0 spiro atoms. The van der Waals surface area contributed by atoms with Gasteiger partial charge in [0.05, 0.1) is 21.8 Å².